The zero-order chi connectivity index (χ0) is 21.3. The molecule has 0 aliphatic carbocycles. The zero-order valence-corrected chi connectivity index (χ0v) is 15.6. The van der Waals surface area contributed by atoms with Crippen LogP contribution in [0, 0.1) is 11.6 Å². The summed E-state index contributed by atoms with van der Waals surface area (Å²) in [6.07, 6.45) is -6.81. The van der Waals surface area contributed by atoms with Crippen LogP contribution < -0.4 is 10.5 Å². The molecule has 1 aliphatic heterocycles. The molecule has 1 aliphatic rings. The van der Waals surface area contributed by atoms with Gasteiger partial charge in [0, 0.05) is 29.8 Å². The minimum Gasteiger partial charge on any atom is -0.497 e. The molecule has 0 spiro atoms. The summed E-state index contributed by atoms with van der Waals surface area (Å²) in [5.74, 6) is -1.54. The number of nitrogens with two attached hydrogens (primary N) is 1. The summed E-state index contributed by atoms with van der Waals surface area (Å²) in [5.41, 5.74) is 6.78. The molecule has 0 unspecified atom stereocenters. The van der Waals surface area contributed by atoms with Gasteiger partial charge in [-0.25, -0.2) is 8.78 Å². The maximum Gasteiger partial charge on any atom is 0.133 e. The first-order valence-corrected chi connectivity index (χ1v) is 8.97. The lowest BCUT2D eigenvalue weighted by molar-refractivity contribution is -0.231. The highest BCUT2D eigenvalue weighted by molar-refractivity contribution is 5.51. The smallest absolute Gasteiger partial charge is 0.133 e. The van der Waals surface area contributed by atoms with Gasteiger partial charge in [0.15, 0.2) is 0 Å². The van der Waals surface area contributed by atoms with Crippen molar-refractivity contribution in [2.45, 2.75) is 36.9 Å². The van der Waals surface area contributed by atoms with Crippen LogP contribution in [0.3, 0.4) is 0 Å². The first-order chi connectivity index (χ1) is 13.8. The molecule has 29 heavy (non-hydrogen) atoms. The minimum absolute atomic E-state index is 0.0480. The first kappa shape index (κ1) is 21.4. The summed E-state index contributed by atoms with van der Waals surface area (Å²) in [6, 6.07) is 6.66. The number of methoxy groups -OCH3 is 1. The minimum atomic E-state index is -1.54. The SMILES string of the molecule is COc1cc(F)c(Cc2cc([C@@H]3O[C@H](CO)[C@@H](O)[C@H](O)[C@H]3O)ccc2N)c(F)c1. The molecule has 3 rings (SSSR count). The monoisotopic (exact) mass is 411 g/mol. The maximum absolute atomic E-state index is 14.3. The summed E-state index contributed by atoms with van der Waals surface area (Å²) in [7, 11) is 1.30. The molecule has 9 heteroatoms. The van der Waals surface area contributed by atoms with Gasteiger partial charge in [-0.05, 0) is 17.2 Å². The van der Waals surface area contributed by atoms with E-state index in [-0.39, 0.29) is 23.4 Å². The van der Waals surface area contributed by atoms with E-state index in [2.05, 4.69) is 0 Å². The lowest BCUT2D eigenvalue weighted by atomic mass is 9.89. The molecule has 0 amide bonds. The van der Waals surface area contributed by atoms with Gasteiger partial charge in [-0.1, -0.05) is 12.1 Å². The summed E-state index contributed by atoms with van der Waals surface area (Å²) in [6.45, 7) is -0.564. The van der Waals surface area contributed by atoms with Crippen molar-refractivity contribution in [3.05, 3.63) is 58.7 Å². The number of aliphatic hydroxyl groups excluding tert-OH is 4. The first-order valence-electron chi connectivity index (χ1n) is 8.97. The van der Waals surface area contributed by atoms with Crippen LogP contribution in [0.5, 0.6) is 5.75 Å². The van der Waals surface area contributed by atoms with E-state index in [1.54, 1.807) is 0 Å². The lowest BCUT2D eigenvalue weighted by Crippen LogP contribution is -2.55. The molecule has 0 bridgehead atoms. The van der Waals surface area contributed by atoms with Crippen LogP contribution in [0.4, 0.5) is 14.5 Å². The summed E-state index contributed by atoms with van der Waals surface area (Å²) in [5, 5.41) is 39.5. The average Bonchev–Trinajstić information content (AvgIpc) is 2.70. The fraction of sp³-hybridized carbons (Fsp3) is 0.400. The Balaban J connectivity index is 1.93. The Kier molecular flexibility index (Phi) is 6.35. The molecule has 158 valence electrons. The van der Waals surface area contributed by atoms with Gasteiger partial charge in [0.05, 0.1) is 13.7 Å². The second-order valence-corrected chi connectivity index (χ2v) is 6.95. The number of aliphatic hydroxyl groups is 4. The number of hydrogen-bond acceptors (Lipinski definition) is 7. The Morgan fingerprint density at radius 1 is 1.03 bits per heavy atom. The Morgan fingerprint density at radius 2 is 1.69 bits per heavy atom. The third-order valence-corrected chi connectivity index (χ3v) is 5.11. The Labute approximate surface area is 165 Å². The van der Waals surface area contributed by atoms with Gasteiger partial charge >= 0.3 is 0 Å². The van der Waals surface area contributed by atoms with E-state index >= 15 is 0 Å². The Hall–Kier alpha value is -2.30. The van der Waals surface area contributed by atoms with Crippen LogP contribution >= 0.6 is 0 Å². The van der Waals surface area contributed by atoms with E-state index in [4.69, 9.17) is 15.2 Å². The predicted octanol–water partition coefficient (Wildman–Crippen LogP) is 0.661. The predicted molar refractivity (Wildman–Crippen MR) is 99.3 cm³/mol. The van der Waals surface area contributed by atoms with Crippen molar-refractivity contribution in [2.75, 3.05) is 19.5 Å². The average molecular weight is 411 g/mol. The van der Waals surface area contributed by atoms with Crippen molar-refractivity contribution in [3.63, 3.8) is 0 Å². The van der Waals surface area contributed by atoms with Crippen LogP contribution in [0.2, 0.25) is 0 Å². The molecule has 7 nitrogen and oxygen atoms in total. The molecule has 0 aromatic heterocycles. The zero-order valence-electron chi connectivity index (χ0n) is 15.6. The van der Waals surface area contributed by atoms with Gasteiger partial charge in [-0.15, -0.1) is 0 Å². The van der Waals surface area contributed by atoms with Crippen molar-refractivity contribution < 1.29 is 38.7 Å². The standard InChI is InChI=1S/C20H23F2NO6/c1-28-11-6-13(21)12(14(22)7-11)5-10-4-9(2-3-15(10)23)20-19(27)18(26)17(25)16(8-24)29-20/h2-4,6-7,16-20,24-27H,5,8,23H2,1H3/t16-,17-,18+,19-,20+/m1/s1. The third-order valence-electron chi connectivity index (χ3n) is 5.11. The maximum atomic E-state index is 14.3. The van der Waals surface area contributed by atoms with Crippen LogP contribution in [-0.4, -0.2) is 58.6 Å². The molecular formula is C20H23F2NO6. The fourth-order valence-corrected chi connectivity index (χ4v) is 3.39. The number of ether oxygens (including phenoxy) is 2. The van der Waals surface area contributed by atoms with E-state index in [9.17, 15) is 29.2 Å². The van der Waals surface area contributed by atoms with Crippen molar-refractivity contribution in [2.24, 2.45) is 0 Å². The van der Waals surface area contributed by atoms with Crippen LogP contribution in [0.1, 0.15) is 22.8 Å². The second kappa shape index (κ2) is 8.60. The highest BCUT2D eigenvalue weighted by Gasteiger charge is 2.44. The van der Waals surface area contributed by atoms with Crippen molar-refractivity contribution in [3.8, 4) is 5.75 Å². The molecule has 5 atom stereocenters. The van der Waals surface area contributed by atoms with Gasteiger partial charge in [-0.2, -0.15) is 0 Å². The number of anilines is 1. The van der Waals surface area contributed by atoms with E-state index in [1.165, 1.54) is 25.3 Å². The largest absolute Gasteiger partial charge is 0.497 e. The Morgan fingerprint density at radius 3 is 2.28 bits per heavy atom. The quantitative estimate of drug-likeness (QED) is 0.458. The molecule has 0 radical (unpaired) electrons. The topological polar surface area (TPSA) is 125 Å². The molecule has 0 saturated carbocycles. The number of nitrogen functional groups attached to an aromatic ring is 1. The molecule has 2 aromatic carbocycles. The molecular weight excluding hydrogens is 388 g/mol. The highest BCUT2D eigenvalue weighted by Crippen LogP contribution is 2.34. The van der Waals surface area contributed by atoms with Crippen molar-refractivity contribution in [1.29, 1.82) is 0 Å². The fourth-order valence-electron chi connectivity index (χ4n) is 3.39. The number of benzene rings is 2. The van der Waals surface area contributed by atoms with Crippen LogP contribution in [-0.2, 0) is 11.2 Å². The van der Waals surface area contributed by atoms with Crippen LogP contribution in [0.15, 0.2) is 30.3 Å². The molecule has 1 heterocycles. The number of halogens is 2. The summed E-state index contributed by atoms with van der Waals surface area (Å²) in [4.78, 5) is 0. The summed E-state index contributed by atoms with van der Waals surface area (Å²) >= 11 is 0. The summed E-state index contributed by atoms with van der Waals surface area (Å²) < 4.78 is 39.0. The molecule has 6 N–H and O–H groups in total. The van der Waals surface area contributed by atoms with Crippen molar-refractivity contribution >= 4 is 5.69 Å². The van der Waals surface area contributed by atoms with Gasteiger partial charge in [0.2, 0.25) is 0 Å². The van der Waals surface area contributed by atoms with Gasteiger partial charge < -0.3 is 35.6 Å². The van der Waals surface area contributed by atoms with E-state index < -0.39 is 48.8 Å². The number of rotatable bonds is 5. The van der Waals surface area contributed by atoms with E-state index in [1.807, 2.05) is 0 Å². The highest BCUT2D eigenvalue weighted by atomic mass is 19.1. The van der Waals surface area contributed by atoms with Gasteiger partial charge in [0.1, 0.15) is 47.9 Å². The third kappa shape index (κ3) is 4.19. The van der Waals surface area contributed by atoms with Crippen LogP contribution in [0.25, 0.3) is 0 Å². The van der Waals surface area contributed by atoms with Gasteiger partial charge in [-0.3, -0.25) is 0 Å². The van der Waals surface area contributed by atoms with E-state index in [0.717, 1.165) is 12.1 Å². The number of hydrogen-bond donors (Lipinski definition) is 5. The second-order valence-electron chi connectivity index (χ2n) is 6.95. The molecule has 1 fully saturated rings. The van der Waals surface area contributed by atoms with Gasteiger partial charge in [0.25, 0.3) is 0 Å². The van der Waals surface area contributed by atoms with E-state index in [0.29, 0.717) is 11.1 Å². The van der Waals surface area contributed by atoms with Crippen molar-refractivity contribution in [1.82, 2.24) is 0 Å². The normalized spacial score (nSPS) is 27.1. The molecule has 1 saturated heterocycles. The Bertz CT molecular complexity index is 855. The molecule has 2 aromatic rings. The lowest BCUT2D eigenvalue weighted by Gasteiger charge is -2.40.